The Morgan fingerprint density at radius 3 is 3.11 bits per heavy atom. The smallest absolute Gasteiger partial charge is 0.227 e. The Balaban J connectivity index is 1.85. The predicted octanol–water partition coefficient (Wildman–Crippen LogP) is 2.49. The van der Waals surface area contributed by atoms with Gasteiger partial charge < -0.3 is 15.4 Å². The summed E-state index contributed by atoms with van der Waals surface area (Å²) in [6.07, 6.45) is 1.85. The molecule has 1 aromatic carbocycles. The number of fused-ring (bicyclic) bond motifs is 1. The van der Waals surface area contributed by atoms with Crippen molar-refractivity contribution in [2.45, 2.75) is 13.1 Å². The third-order valence-corrected chi connectivity index (χ3v) is 3.28. The van der Waals surface area contributed by atoms with E-state index in [4.69, 9.17) is 16.3 Å². The molecule has 98 valence electrons. The molecule has 0 spiro atoms. The molecule has 1 aromatic heterocycles. The largest absolute Gasteiger partial charge is 0.495 e. The molecule has 0 unspecified atom stereocenters. The van der Waals surface area contributed by atoms with Gasteiger partial charge in [0.15, 0.2) is 0 Å². The zero-order valence-electron chi connectivity index (χ0n) is 10.4. The first-order valence-corrected chi connectivity index (χ1v) is 6.30. The normalized spacial score (nSPS) is 13.2. The summed E-state index contributed by atoms with van der Waals surface area (Å²) in [6.45, 7) is 1.63. The van der Waals surface area contributed by atoms with Gasteiger partial charge in [-0.25, -0.2) is 9.97 Å². The third-order valence-electron chi connectivity index (χ3n) is 2.97. The molecule has 0 saturated heterocycles. The van der Waals surface area contributed by atoms with Crippen molar-refractivity contribution >= 4 is 23.2 Å². The van der Waals surface area contributed by atoms with Crippen LogP contribution in [-0.2, 0) is 13.1 Å². The highest BCUT2D eigenvalue weighted by molar-refractivity contribution is 6.32. The molecule has 2 N–H and O–H groups in total. The number of nitrogens with one attached hydrogen (secondary N) is 2. The van der Waals surface area contributed by atoms with Crippen LogP contribution in [0.3, 0.4) is 0 Å². The van der Waals surface area contributed by atoms with Crippen LogP contribution >= 0.6 is 11.6 Å². The first kappa shape index (κ1) is 12.2. The molecule has 0 fully saturated rings. The van der Waals surface area contributed by atoms with Crippen LogP contribution in [0, 0.1) is 0 Å². The molecule has 19 heavy (non-hydrogen) atoms. The summed E-state index contributed by atoms with van der Waals surface area (Å²) in [6, 6.07) is 5.45. The lowest BCUT2D eigenvalue weighted by atomic mass is 10.3. The molecule has 1 aliphatic heterocycles. The maximum atomic E-state index is 5.98. The van der Waals surface area contributed by atoms with E-state index in [9.17, 15) is 0 Å². The van der Waals surface area contributed by atoms with Crippen molar-refractivity contribution in [3.63, 3.8) is 0 Å². The number of rotatable bonds is 3. The van der Waals surface area contributed by atoms with Crippen molar-refractivity contribution < 1.29 is 4.74 Å². The second kappa shape index (κ2) is 5.03. The molecule has 2 heterocycles. The molecule has 0 bridgehead atoms. The van der Waals surface area contributed by atoms with Gasteiger partial charge in [-0.1, -0.05) is 11.6 Å². The maximum Gasteiger partial charge on any atom is 0.227 e. The minimum atomic E-state index is 0.576. The predicted molar refractivity (Wildman–Crippen MR) is 73.9 cm³/mol. The highest BCUT2D eigenvalue weighted by Gasteiger charge is 2.13. The van der Waals surface area contributed by atoms with E-state index in [0.29, 0.717) is 16.7 Å². The fourth-order valence-electron chi connectivity index (χ4n) is 1.99. The molecule has 6 heteroatoms. The Morgan fingerprint density at radius 1 is 1.37 bits per heavy atom. The number of hydrogen-bond donors (Lipinski definition) is 2. The van der Waals surface area contributed by atoms with Crippen molar-refractivity contribution in [2.75, 3.05) is 12.4 Å². The molecule has 3 rings (SSSR count). The molecule has 2 aromatic rings. The van der Waals surface area contributed by atoms with Gasteiger partial charge in [-0.2, -0.15) is 0 Å². The number of nitrogens with zero attached hydrogens (tertiary/aromatic N) is 2. The second-order valence-electron chi connectivity index (χ2n) is 4.24. The van der Waals surface area contributed by atoms with E-state index in [-0.39, 0.29) is 0 Å². The van der Waals surface area contributed by atoms with Crippen molar-refractivity contribution in [1.82, 2.24) is 15.3 Å². The van der Waals surface area contributed by atoms with Crippen LogP contribution < -0.4 is 15.4 Å². The zero-order valence-corrected chi connectivity index (χ0v) is 11.2. The molecular formula is C13H13ClN4O. The van der Waals surface area contributed by atoms with E-state index >= 15 is 0 Å². The van der Waals surface area contributed by atoms with Gasteiger partial charge in [-0.15, -0.1) is 0 Å². The monoisotopic (exact) mass is 276 g/mol. The van der Waals surface area contributed by atoms with Gasteiger partial charge in [0.1, 0.15) is 5.75 Å². The number of ether oxygens (including phenoxy) is 1. The summed E-state index contributed by atoms with van der Waals surface area (Å²) in [5.74, 6) is 1.20. The lowest BCUT2D eigenvalue weighted by Crippen LogP contribution is -2.01. The van der Waals surface area contributed by atoms with Crippen LogP contribution in [0.15, 0.2) is 24.4 Å². The summed E-state index contributed by atoms with van der Waals surface area (Å²) in [5.41, 5.74) is 3.03. The van der Waals surface area contributed by atoms with Crippen molar-refractivity contribution in [3.05, 3.63) is 40.7 Å². The van der Waals surface area contributed by atoms with Gasteiger partial charge in [-0.3, -0.25) is 0 Å². The van der Waals surface area contributed by atoms with Crippen LogP contribution in [0.1, 0.15) is 11.3 Å². The minimum Gasteiger partial charge on any atom is -0.495 e. The van der Waals surface area contributed by atoms with Gasteiger partial charge in [0.2, 0.25) is 5.95 Å². The minimum absolute atomic E-state index is 0.576. The van der Waals surface area contributed by atoms with E-state index in [1.54, 1.807) is 13.2 Å². The first-order valence-electron chi connectivity index (χ1n) is 5.92. The van der Waals surface area contributed by atoms with Gasteiger partial charge in [-0.05, 0) is 12.1 Å². The average molecular weight is 277 g/mol. The fourth-order valence-corrected chi connectivity index (χ4v) is 2.18. The maximum absolute atomic E-state index is 5.98. The topological polar surface area (TPSA) is 59.1 Å². The molecule has 0 aliphatic carbocycles. The summed E-state index contributed by atoms with van der Waals surface area (Å²) < 4.78 is 5.17. The molecule has 0 saturated carbocycles. The molecule has 5 nitrogen and oxygen atoms in total. The Bertz CT molecular complexity index is 609. The van der Waals surface area contributed by atoms with Crippen LogP contribution in [0.4, 0.5) is 11.6 Å². The summed E-state index contributed by atoms with van der Waals surface area (Å²) in [4.78, 5) is 8.76. The number of hydrogen-bond acceptors (Lipinski definition) is 5. The van der Waals surface area contributed by atoms with Crippen molar-refractivity contribution in [2.24, 2.45) is 0 Å². The SMILES string of the molecule is COc1cc(Nc2ncc3c(n2)CNC3)ccc1Cl. The van der Waals surface area contributed by atoms with Crippen LogP contribution in [0.2, 0.25) is 5.02 Å². The molecule has 0 atom stereocenters. The summed E-state index contributed by atoms with van der Waals surface area (Å²) >= 11 is 5.98. The molecule has 0 radical (unpaired) electrons. The molecule has 1 aliphatic rings. The Morgan fingerprint density at radius 2 is 2.26 bits per heavy atom. The van der Waals surface area contributed by atoms with Crippen LogP contribution in [0.5, 0.6) is 5.75 Å². The Labute approximate surface area is 116 Å². The number of methoxy groups -OCH3 is 1. The van der Waals surface area contributed by atoms with E-state index in [2.05, 4.69) is 20.6 Å². The number of benzene rings is 1. The zero-order chi connectivity index (χ0) is 13.2. The summed E-state index contributed by atoms with van der Waals surface area (Å²) in [5, 5.41) is 6.96. The van der Waals surface area contributed by atoms with Gasteiger partial charge in [0.25, 0.3) is 0 Å². The van der Waals surface area contributed by atoms with Crippen LogP contribution in [-0.4, -0.2) is 17.1 Å². The van der Waals surface area contributed by atoms with Gasteiger partial charge in [0, 0.05) is 36.6 Å². The lowest BCUT2D eigenvalue weighted by molar-refractivity contribution is 0.415. The number of aromatic nitrogens is 2. The Hall–Kier alpha value is -1.85. The lowest BCUT2D eigenvalue weighted by Gasteiger charge is -2.08. The quantitative estimate of drug-likeness (QED) is 0.902. The second-order valence-corrected chi connectivity index (χ2v) is 4.65. The Kier molecular flexibility index (Phi) is 3.23. The number of anilines is 2. The van der Waals surface area contributed by atoms with E-state index in [1.165, 1.54) is 0 Å². The number of halogens is 1. The van der Waals surface area contributed by atoms with Gasteiger partial charge >= 0.3 is 0 Å². The summed E-state index contributed by atoms with van der Waals surface area (Å²) in [7, 11) is 1.59. The van der Waals surface area contributed by atoms with Crippen molar-refractivity contribution in [1.29, 1.82) is 0 Å². The third kappa shape index (κ3) is 2.47. The van der Waals surface area contributed by atoms with E-state index in [0.717, 1.165) is 30.0 Å². The standard InChI is InChI=1S/C13H13ClN4O/c1-19-12-4-9(2-3-10(12)14)17-13-16-6-8-5-15-7-11(8)18-13/h2-4,6,15H,5,7H2,1H3,(H,16,17,18). The molecular weight excluding hydrogens is 264 g/mol. The van der Waals surface area contributed by atoms with E-state index < -0.39 is 0 Å². The first-order chi connectivity index (χ1) is 9.26. The van der Waals surface area contributed by atoms with Crippen LogP contribution in [0.25, 0.3) is 0 Å². The highest BCUT2D eigenvalue weighted by Crippen LogP contribution is 2.28. The molecule has 0 amide bonds. The highest BCUT2D eigenvalue weighted by atomic mass is 35.5. The van der Waals surface area contributed by atoms with Crippen molar-refractivity contribution in [3.8, 4) is 5.75 Å². The van der Waals surface area contributed by atoms with E-state index in [1.807, 2.05) is 18.3 Å². The fraction of sp³-hybridized carbons (Fsp3) is 0.231. The average Bonchev–Trinajstić information content (AvgIpc) is 2.88. The van der Waals surface area contributed by atoms with Gasteiger partial charge in [0.05, 0.1) is 17.8 Å².